The van der Waals surface area contributed by atoms with Crippen LogP contribution in [0.5, 0.6) is 0 Å². The van der Waals surface area contributed by atoms with Gasteiger partial charge in [-0.05, 0) is 6.08 Å². The third-order valence-electron chi connectivity index (χ3n) is 2.08. The van der Waals surface area contributed by atoms with Crippen molar-refractivity contribution in [2.45, 2.75) is 13.3 Å². The van der Waals surface area contributed by atoms with Crippen LogP contribution in [0.1, 0.15) is 13.3 Å². The SMILES string of the molecule is CCC1=NC(=S)C2C=CC=CC2=N1. The number of nitrogens with zero attached hydrogens (tertiary/aromatic N) is 2. The van der Waals surface area contributed by atoms with E-state index in [2.05, 4.69) is 9.98 Å². The molecule has 0 bridgehead atoms. The Morgan fingerprint density at radius 2 is 2.23 bits per heavy atom. The van der Waals surface area contributed by atoms with Crippen molar-refractivity contribution in [3.8, 4) is 0 Å². The maximum absolute atomic E-state index is 5.19. The van der Waals surface area contributed by atoms with Gasteiger partial charge in [-0.25, -0.2) is 9.98 Å². The molecule has 13 heavy (non-hydrogen) atoms. The number of hydrogen-bond donors (Lipinski definition) is 0. The largest absolute Gasteiger partial charge is 0.237 e. The summed E-state index contributed by atoms with van der Waals surface area (Å²) in [6, 6.07) is 0. The van der Waals surface area contributed by atoms with Gasteiger partial charge in [0.1, 0.15) is 10.8 Å². The Balaban J connectivity index is 2.39. The quantitative estimate of drug-likeness (QED) is 0.582. The maximum atomic E-state index is 5.19. The van der Waals surface area contributed by atoms with Crippen LogP contribution in [0, 0.1) is 5.92 Å². The van der Waals surface area contributed by atoms with Crippen molar-refractivity contribution in [3.63, 3.8) is 0 Å². The maximum Gasteiger partial charge on any atom is 0.129 e. The minimum atomic E-state index is 0.135. The molecule has 0 saturated heterocycles. The van der Waals surface area contributed by atoms with Gasteiger partial charge in [0.25, 0.3) is 0 Å². The fourth-order valence-electron chi connectivity index (χ4n) is 1.38. The van der Waals surface area contributed by atoms with E-state index in [1.54, 1.807) is 0 Å². The molecule has 0 amide bonds. The van der Waals surface area contributed by atoms with Crippen molar-refractivity contribution in [1.82, 2.24) is 0 Å². The monoisotopic (exact) mass is 190 g/mol. The molecule has 0 radical (unpaired) electrons. The molecule has 0 N–H and O–H groups in total. The van der Waals surface area contributed by atoms with E-state index in [9.17, 15) is 0 Å². The molecular formula is C10H10N2S. The van der Waals surface area contributed by atoms with Crippen molar-refractivity contribution in [1.29, 1.82) is 0 Å². The summed E-state index contributed by atoms with van der Waals surface area (Å²) in [6.07, 6.45) is 8.85. The van der Waals surface area contributed by atoms with Crippen LogP contribution < -0.4 is 0 Å². The Labute approximate surface area is 82.8 Å². The molecule has 1 unspecified atom stereocenters. The van der Waals surface area contributed by atoms with Crippen LogP contribution in [0.3, 0.4) is 0 Å². The highest BCUT2D eigenvalue weighted by atomic mass is 32.1. The Morgan fingerprint density at radius 3 is 3.00 bits per heavy atom. The van der Waals surface area contributed by atoms with Gasteiger partial charge in [-0.3, -0.25) is 0 Å². The van der Waals surface area contributed by atoms with E-state index in [1.807, 2.05) is 31.2 Å². The van der Waals surface area contributed by atoms with Crippen molar-refractivity contribution in [3.05, 3.63) is 24.3 Å². The smallest absolute Gasteiger partial charge is 0.129 e. The highest BCUT2D eigenvalue weighted by Crippen LogP contribution is 2.17. The first kappa shape index (κ1) is 8.51. The number of amidine groups is 1. The average Bonchev–Trinajstić information content (AvgIpc) is 2.18. The molecule has 2 rings (SSSR count). The van der Waals surface area contributed by atoms with Crippen molar-refractivity contribution < 1.29 is 0 Å². The number of fused-ring (bicyclic) bond motifs is 1. The summed E-state index contributed by atoms with van der Waals surface area (Å²) >= 11 is 5.19. The van der Waals surface area contributed by atoms with Crippen molar-refractivity contribution in [2.24, 2.45) is 15.9 Å². The van der Waals surface area contributed by atoms with Crippen LogP contribution in [-0.2, 0) is 0 Å². The van der Waals surface area contributed by atoms with Gasteiger partial charge in [0.05, 0.1) is 11.6 Å². The number of aliphatic imine (C=N–C) groups is 2. The molecule has 0 spiro atoms. The second-order valence-electron chi connectivity index (χ2n) is 2.98. The molecule has 1 atom stereocenters. The van der Waals surface area contributed by atoms with Gasteiger partial charge in [0.2, 0.25) is 0 Å². The van der Waals surface area contributed by atoms with Crippen molar-refractivity contribution >= 4 is 28.8 Å². The lowest BCUT2D eigenvalue weighted by molar-refractivity contribution is 1.14. The number of rotatable bonds is 1. The average molecular weight is 190 g/mol. The topological polar surface area (TPSA) is 24.7 Å². The summed E-state index contributed by atoms with van der Waals surface area (Å²) in [6.45, 7) is 2.04. The molecule has 1 heterocycles. The summed E-state index contributed by atoms with van der Waals surface area (Å²) in [5.41, 5.74) is 1.03. The third-order valence-corrected chi connectivity index (χ3v) is 2.43. The lowest BCUT2D eigenvalue weighted by atomic mass is 9.97. The van der Waals surface area contributed by atoms with Gasteiger partial charge in [-0.2, -0.15) is 0 Å². The molecule has 1 aliphatic heterocycles. The molecule has 0 aromatic heterocycles. The molecule has 0 fully saturated rings. The molecule has 66 valence electrons. The first-order valence-corrected chi connectivity index (χ1v) is 4.77. The van der Waals surface area contributed by atoms with E-state index in [4.69, 9.17) is 12.2 Å². The van der Waals surface area contributed by atoms with Gasteiger partial charge in [0.15, 0.2) is 0 Å². The fraction of sp³-hybridized carbons (Fsp3) is 0.300. The predicted octanol–water partition coefficient (Wildman–Crippen LogP) is 2.32. The molecule has 0 aromatic carbocycles. The van der Waals surface area contributed by atoms with E-state index in [-0.39, 0.29) is 5.92 Å². The Morgan fingerprint density at radius 1 is 1.38 bits per heavy atom. The Bertz CT molecular complexity index is 361. The minimum absolute atomic E-state index is 0.135. The fourth-order valence-corrected chi connectivity index (χ4v) is 1.68. The summed E-state index contributed by atoms with van der Waals surface area (Å²) in [4.78, 5) is 9.41. The van der Waals surface area contributed by atoms with E-state index in [0.29, 0.717) is 0 Å². The van der Waals surface area contributed by atoms with Crippen LogP contribution in [0.15, 0.2) is 34.3 Å². The summed E-state index contributed by atoms with van der Waals surface area (Å²) in [5, 5.41) is 0. The first-order chi connectivity index (χ1) is 6.31. The van der Waals surface area contributed by atoms with Gasteiger partial charge in [0, 0.05) is 6.42 Å². The summed E-state index contributed by atoms with van der Waals surface area (Å²) < 4.78 is 0. The van der Waals surface area contributed by atoms with Crippen LogP contribution in [0.4, 0.5) is 0 Å². The van der Waals surface area contributed by atoms with E-state index in [0.717, 1.165) is 23.0 Å². The molecule has 0 aromatic rings. The van der Waals surface area contributed by atoms with Gasteiger partial charge in [-0.15, -0.1) is 0 Å². The zero-order chi connectivity index (χ0) is 9.26. The zero-order valence-electron chi connectivity index (χ0n) is 7.40. The van der Waals surface area contributed by atoms with E-state index in [1.165, 1.54) is 0 Å². The van der Waals surface area contributed by atoms with Crippen molar-refractivity contribution in [2.75, 3.05) is 0 Å². The molecular weight excluding hydrogens is 180 g/mol. The lowest BCUT2D eigenvalue weighted by Crippen LogP contribution is -2.25. The zero-order valence-corrected chi connectivity index (χ0v) is 8.21. The van der Waals surface area contributed by atoms with E-state index < -0.39 is 0 Å². The second kappa shape index (κ2) is 3.34. The van der Waals surface area contributed by atoms with Crippen LogP contribution in [-0.4, -0.2) is 16.5 Å². The van der Waals surface area contributed by atoms with Crippen LogP contribution in [0.25, 0.3) is 0 Å². The first-order valence-electron chi connectivity index (χ1n) is 4.36. The summed E-state index contributed by atoms with van der Waals surface area (Å²) in [5.74, 6) is 0.978. The van der Waals surface area contributed by atoms with Gasteiger partial charge in [-0.1, -0.05) is 37.4 Å². The van der Waals surface area contributed by atoms with Gasteiger partial charge >= 0.3 is 0 Å². The third kappa shape index (κ3) is 1.52. The number of hydrogen-bond acceptors (Lipinski definition) is 2. The number of thiocarbonyl (C=S) groups is 1. The Kier molecular flexibility index (Phi) is 2.19. The highest BCUT2D eigenvalue weighted by molar-refractivity contribution is 7.80. The molecule has 0 saturated carbocycles. The van der Waals surface area contributed by atoms with Crippen LogP contribution in [0.2, 0.25) is 0 Å². The van der Waals surface area contributed by atoms with Crippen LogP contribution >= 0.6 is 12.2 Å². The van der Waals surface area contributed by atoms with Gasteiger partial charge < -0.3 is 0 Å². The second-order valence-corrected chi connectivity index (χ2v) is 3.40. The molecule has 1 aliphatic carbocycles. The normalized spacial score (nSPS) is 25.3. The molecule has 3 heteroatoms. The lowest BCUT2D eigenvalue weighted by Gasteiger charge is -2.18. The standard InChI is InChI=1S/C10H10N2S/c1-2-9-11-8-6-4-3-5-7(8)10(13)12-9/h3-7H,2H2,1H3. The number of allylic oxidation sites excluding steroid dienone is 3. The Hall–Kier alpha value is -1.09. The highest BCUT2D eigenvalue weighted by Gasteiger charge is 2.22. The molecule has 2 nitrogen and oxygen atoms in total. The van der Waals surface area contributed by atoms with E-state index >= 15 is 0 Å². The predicted molar refractivity (Wildman–Crippen MR) is 59.5 cm³/mol. The molecule has 2 aliphatic rings. The minimum Gasteiger partial charge on any atom is -0.237 e. The summed E-state index contributed by atoms with van der Waals surface area (Å²) in [7, 11) is 0.